The zero-order valence-corrected chi connectivity index (χ0v) is 11.7. The fourth-order valence-electron chi connectivity index (χ4n) is 1.57. The SMILES string of the molecule is CCC(C)C(C)NS(=O)(=O)c1ccccc1C#N. The molecule has 18 heavy (non-hydrogen) atoms. The van der Waals surface area contributed by atoms with E-state index in [9.17, 15) is 8.42 Å². The Morgan fingerprint density at radius 3 is 2.50 bits per heavy atom. The summed E-state index contributed by atoms with van der Waals surface area (Å²) in [6.45, 7) is 5.84. The van der Waals surface area contributed by atoms with Crippen LogP contribution in [0.5, 0.6) is 0 Å². The maximum atomic E-state index is 12.2. The van der Waals surface area contributed by atoms with Crippen LogP contribution in [0.1, 0.15) is 32.8 Å². The normalized spacial score (nSPS) is 14.8. The number of rotatable bonds is 5. The molecule has 0 heterocycles. The Morgan fingerprint density at radius 1 is 1.33 bits per heavy atom. The molecule has 0 fully saturated rings. The topological polar surface area (TPSA) is 70.0 Å². The Balaban J connectivity index is 3.05. The predicted octanol–water partition coefficient (Wildman–Crippen LogP) is 2.27. The van der Waals surface area contributed by atoms with Crippen molar-refractivity contribution in [2.75, 3.05) is 0 Å². The van der Waals surface area contributed by atoms with Crippen LogP contribution >= 0.6 is 0 Å². The summed E-state index contributed by atoms with van der Waals surface area (Å²) in [7, 11) is -3.63. The van der Waals surface area contributed by atoms with Crippen molar-refractivity contribution in [1.29, 1.82) is 5.26 Å². The number of nitrogens with zero attached hydrogens (tertiary/aromatic N) is 1. The average Bonchev–Trinajstić information content (AvgIpc) is 2.37. The van der Waals surface area contributed by atoms with Crippen LogP contribution in [0.3, 0.4) is 0 Å². The van der Waals surface area contributed by atoms with Crippen molar-refractivity contribution >= 4 is 10.0 Å². The maximum absolute atomic E-state index is 12.2. The predicted molar refractivity (Wildman–Crippen MR) is 70.4 cm³/mol. The molecule has 0 aliphatic heterocycles. The molecule has 0 saturated heterocycles. The van der Waals surface area contributed by atoms with E-state index in [1.54, 1.807) is 12.1 Å². The Hall–Kier alpha value is -1.38. The van der Waals surface area contributed by atoms with Crippen molar-refractivity contribution in [2.45, 2.75) is 38.1 Å². The lowest BCUT2D eigenvalue weighted by Gasteiger charge is -2.20. The molecule has 0 saturated carbocycles. The van der Waals surface area contributed by atoms with E-state index in [0.717, 1.165) is 6.42 Å². The number of hydrogen-bond donors (Lipinski definition) is 1. The highest BCUT2D eigenvalue weighted by molar-refractivity contribution is 7.89. The second-order valence-electron chi connectivity index (χ2n) is 4.40. The van der Waals surface area contributed by atoms with E-state index >= 15 is 0 Å². The van der Waals surface area contributed by atoms with Gasteiger partial charge >= 0.3 is 0 Å². The lowest BCUT2D eigenvalue weighted by Crippen LogP contribution is -2.37. The maximum Gasteiger partial charge on any atom is 0.242 e. The molecule has 0 aromatic heterocycles. The first-order chi connectivity index (χ1) is 8.42. The van der Waals surface area contributed by atoms with Gasteiger partial charge in [0.25, 0.3) is 0 Å². The number of nitrogens with one attached hydrogen (secondary N) is 1. The molecule has 0 aliphatic carbocycles. The molecule has 1 aromatic carbocycles. The van der Waals surface area contributed by atoms with Crippen LogP contribution < -0.4 is 4.72 Å². The van der Waals surface area contributed by atoms with E-state index in [-0.39, 0.29) is 22.4 Å². The second-order valence-corrected chi connectivity index (χ2v) is 6.09. The summed E-state index contributed by atoms with van der Waals surface area (Å²) < 4.78 is 27.0. The fraction of sp³-hybridized carbons (Fsp3) is 0.462. The fourth-order valence-corrected chi connectivity index (χ4v) is 3.08. The van der Waals surface area contributed by atoms with Gasteiger partial charge in [-0.25, -0.2) is 13.1 Å². The van der Waals surface area contributed by atoms with Crippen LogP contribution in [-0.4, -0.2) is 14.5 Å². The molecule has 0 amide bonds. The third kappa shape index (κ3) is 3.31. The molecule has 2 unspecified atom stereocenters. The highest BCUT2D eigenvalue weighted by Crippen LogP contribution is 2.16. The van der Waals surface area contributed by atoms with E-state index in [0.29, 0.717) is 0 Å². The third-order valence-electron chi connectivity index (χ3n) is 3.14. The van der Waals surface area contributed by atoms with Crippen LogP contribution in [0.4, 0.5) is 0 Å². The number of benzene rings is 1. The molecule has 1 aromatic rings. The molecule has 4 nitrogen and oxygen atoms in total. The van der Waals surface area contributed by atoms with Gasteiger partial charge in [0.05, 0.1) is 10.5 Å². The van der Waals surface area contributed by atoms with Crippen LogP contribution in [0.15, 0.2) is 29.2 Å². The summed E-state index contributed by atoms with van der Waals surface area (Å²) in [6, 6.07) is 7.95. The summed E-state index contributed by atoms with van der Waals surface area (Å²) >= 11 is 0. The summed E-state index contributed by atoms with van der Waals surface area (Å²) in [5.41, 5.74) is 0.168. The first-order valence-electron chi connectivity index (χ1n) is 5.93. The molecule has 0 radical (unpaired) electrons. The van der Waals surface area contributed by atoms with E-state index in [1.165, 1.54) is 12.1 Å². The van der Waals surface area contributed by atoms with E-state index in [2.05, 4.69) is 4.72 Å². The molecular formula is C13H18N2O2S. The minimum Gasteiger partial charge on any atom is -0.208 e. The number of sulfonamides is 1. The molecule has 1 rings (SSSR count). The Labute approximate surface area is 109 Å². The minimum absolute atomic E-state index is 0.0441. The molecule has 5 heteroatoms. The molecule has 0 aliphatic rings. The van der Waals surface area contributed by atoms with Gasteiger partial charge in [0.15, 0.2) is 0 Å². The van der Waals surface area contributed by atoms with E-state index < -0.39 is 10.0 Å². The standard InChI is InChI=1S/C13H18N2O2S/c1-4-10(2)11(3)15-18(16,17)13-8-6-5-7-12(13)9-14/h5-8,10-11,15H,4H2,1-3H3. The van der Waals surface area contributed by atoms with Crippen LogP contribution in [0.2, 0.25) is 0 Å². The quantitative estimate of drug-likeness (QED) is 0.888. The summed E-state index contributed by atoms with van der Waals surface area (Å²) in [5.74, 6) is 0.244. The largest absolute Gasteiger partial charge is 0.242 e. The third-order valence-corrected chi connectivity index (χ3v) is 4.75. The van der Waals surface area contributed by atoms with Gasteiger partial charge in [-0.05, 0) is 25.0 Å². The molecule has 98 valence electrons. The highest BCUT2D eigenvalue weighted by Gasteiger charge is 2.22. The molecular weight excluding hydrogens is 248 g/mol. The van der Waals surface area contributed by atoms with E-state index in [4.69, 9.17) is 5.26 Å². The van der Waals surface area contributed by atoms with Gasteiger partial charge in [0, 0.05) is 6.04 Å². The van der Waals surface area contributed by atoms with Gasteiger partial charge in [0.1, 0.15) is 6.07 Å². The Bertz CT molecular complexity index is 546. The van der Waals surface area contributed by atoms with E-state index in [1.807, 2.05) is 26.8 Å². The lowest BCUT2D eigenvalue weighted by atomic mass is 10.0. The minimum atomic E-state index is -3.63. The first kappa shape index (κ1) is 14.7. The Morgan fingerprint density at radius 2 is 1.94 bits per heavy atom. The molecule has 0 bridgehead atoms. The highest BCUT2D eigenvalue weighted by atomic mass is 32.2. The van der Waals surface area contributed by atoms with Crippen molar-refractivity contribution in [3.63, 3.8) is 0 Å². The smallest absolute Gasteiger partial charge is 0.208 e. The zero-order chi connectivity index (χ0) is 13.8. The summed E-state index contributed by atoms with van der Waals surface area (Å²) in [6.07, 6.45) is 0.892. The Kier molecular flexibility index (Phi) is 4.88. The molecule has 1 N–H and O–H groups in total. The van der Waals surface area contributed by atoms with Gasteiger partial charge in [-0.1, -0.05) is 32.4 Å². The number of nitriles is 1. The summed E-state index contributed by atoms with van der Waals surface area (Å²) in [5, 5.41) is 8.93. The van der Waals surface area contributed by atoms with Crippen LogP contribution in [-0.2, 0) is 10.0 Å². The van der Waals surface area contributed by atoms with Crippen molar-refractivity contribution < 1.29 is 8.42 Å². The average molecular weight is 266 g/mol. The lowest BCUT2D eigenvalue weighted by molar-refractivity contribution is 0.434. The van der Waals surface area contributed by atoms with Crippen molar-refractivity contribution in [3.8, 4) is 6.07 Å². The molecule has 0 spiro atoms. The van der Waals surface area contributed by atoms with Crippen LogP contribution in [0, 0.1) is 17.2 Å². The van der Waals surface area contributed by atoms with Gasteiger partial charge in [-0.3, -0.25) is 0 Å². The van der Waals surface area contributed by atoms with Gasteiger partial charge in [-0.15, -0.1) is 0 Å². The van der Waals surface area contributed by atoms with Gasteiger partial charge in [-0.2, -0.15) is 5.26 Å². The summed E-state index contributed by atoms with van der Waals surface area (Å²) in [4.78, 5) is 0.0441. The van der Waals surface area contributed by atoms with Crippen LogP contribution in [0.25, 0.3) is 0 Å². The second kappa shape index (κ2) is 5.98. The van der Waals surface area contributed by atoms with Gasteiger partial charge in [0.2, 0.25) is 10.0 Å². The zero-order valence-electron chi connectivity index (χ0n) is 10.8. The monoisotopic (exact) mass is 266 g/mol. The van der Waals surface area contributed by atoms with Crippen molar-refractivity contribution in [3.05, 3.63) is 29.8 Å². The first-order valence-corrected chi connectivity index (χ1v) is 7.42. The molecule has 2 atom stereocenters. The van der Waals surface area contributed by atoms with Gasteiger partial charge < -0.3 is 0 Å². The van der Waals surface area contributed by atoms with Crippen molar-refractivity contribution in [2.24, 2.45) is 5.92 Å². The number of hydrogen-bond acceptors (Lipinski definition) is 3. The van der Waals surface area contributed by atoms with Crippen molar-refractivity contribution in [1.82, 2.24) is 4.72 Å².